The highest BCUT2D eigenvalue weighted by Crippen LogP contribution is 2.26. The largest absolute Gasteiger partial charge is 0.291 e. The van der Waals surface area contributed by atoms with E-state index in [1.165, 1.54) is 10.5 Å². The molecule has 7 nitrogen and oxygen atoms in total. The number of carbonyl (C=O) groups is 1. The summed E-state index contributed by atoms with van der Waals surface area (Å²) in [5, 5.41) is 4.15. The Morgan fingerprint density at radius 2 is 2.03 bits per heavy atom. The first-order valence-electron chi connectivity index (χ1n) is 8.49. The van der Waals surface area contributed by atoms with E-state index in [0.29, 0.717) is 17.7 Å². The van der Waals surface area contributed by atoms with Crippen LogP contribution in [0.1, 0.15) is 16.8 Å². The van der Waals surface area contributed by atoms with Gasteiger partial charge in [0.15, 0.2) is 11.6 Å². The van der Waals surface area contributed by atoms with Gasteiger partial charge >= 0.3 is 0 Å². The number of fused-ring (bicyclic) bond motifs is 1. The van der Waals surface area contributed by atoms with E-state index in [2.05, 4.69) is 15.3 Å². The van der Waals surface area contributed by atoms with Gasteiger partial charge in [-0.2, -0.15) is 0 Å². The number of guanidine groups is 1. The first kappa shape index (κ1) is 19.4. The fourth-order valence-electron chi connectivity index (χ4n) is 2.87. The number of sulfonamides is 1. The van der Waals surface area contributed by atoms with Crippen molar-refractivity contribution in [1.82, 2.24) is 9.62 Å². The predicted octanol–water partition coefficient (Wildman–Crippen LogP) is 2.55. The Labute approximate surface area is 169 Å². The molecule has 0 bridgehead atoms. The van der Waals surface area contributed by atoms with Crippen LogP contribution in [-0.2, 0) is 10.0 Å². The summed E-state index contributed by atoms with van der Waals surface area (Å²) in [4.78, 5) is 20.6. The number of rotatable bonds is 3. The zero-order valence-electron chi connectivity index (χ0n) is 14.8. The molecule has 0 fully saturated rings. The minimum atomic E-state index is -3.61. The fraction of sp³-hybridized carbons (Fsp3) is 0.167. The molecule has 0 aliphatic carbocycles. The molecule has 0 atom stereocenters. The predicted molar refractivity (Wildman–Crippen MR) is 104 cm³/mol. The maximum atomic E-state index is 13.3. The van der Waals surface area contributed by atoms with E-state index < -0.39 is 27.6 Å². The van der Waals surface area contributed by atoms with E-state index in [1.807, 2.05) is 0 Å². The van der Waals surface area contributed by atoms with Crippen LogP contribution in [0.2, 0.25) is 0 Å². The highest BCUT2D eigenvalue weighted by atomic mass is 32.2. The highest BCUT2D eigenvalue weighted by molar-refractivity contribution is 7.91. The van der Waals surface area contributed by atoms with Crippen LogP contribution in [0, 0.1) is 11.6 Å². The average molecular weight is 436 g/mol. The number of amides is 1. The van der Waals surface area contributed by atoms with Crippen molar-refractivity contribution in [2.45, 2.75) is 10.6 Å². The molecular weight excluding hydrogens is 422 g/mol. The fourth-order valence-corrected chi connectivity index (χ4v) is 5.33. The van der Waals surface area contributed by atoms with Gasteiger partial charge in [0.2, 0.25) is 5.96 Å². The van der Waals surface area contributed by atoms with Gasteiger partial charge in [-0.3, -0.25) is 14.4 Å². The van der Waals surface area contributed by atoms with E-state index in [0.717, 1.165) is 29.5 Å². The Kier molecular flexibility index (Phi) is 5.01. The lowest BCUT2D eigenvalue weighted by Gasteiger charge is -2.28. The smallest absolute Gasteiger partial charge is 0.273 e. The van der Waals surface area contributed by atoms with Gasteiger partial charge in [0.25, 0.3) is 15.9 Å². The average Bonchev–Trinajstić information content (AvgIpc) is 3.25. The molecule has 0 saturated carbocycles. The first-order chi connectivity index (χ1) is 13.8. The summed E-state index contributed by atoms with van der Waals surface area (Å²) in [6.07, 6.45) is 1.87. The van der Waals surface area contributed by atoms with E-state index >= 15 is 0 Å². The topological polar surface area (TPSA) is 91.2 Å². The van der Waals surface area contributed by atoms with Crippen LogP contribution in [0.25, 0.3) is 0 Å². The van der Waals surface area contributed by atoms with Crippen LogP contribution in [0.15, 0.2) is 61.7 Å². The second-order valence-electron chi connectivity index (χ2n) is 6.23. The number of nitrogens with zero attached hydrogens (tertiary/aromatic N) is 3. The zero-order valence-corrected chi connectivity index (χ0v) is 16.4. The van der Waals surface area contributed by atoms with Crippen LogP contribution < -0.4 is 5.32 Å². The molecule has 0 radical (unpaired) electrons. The summed E-state index contributed by atoms with van der Waals surface area (Å²) in [6.45, 7) is 0.357. The molecule has 0 spiro atoms. The van der Waals surface area contributed by atoms with Gasteiger partial charge < -0.3 is 0 Å². The van der Waals surface area contributed by atoms with Gasteiger partial charge in [-0.15, -0.1) is 11.3 Å². The number of halogens is 2. The summed E-state index contributed by atoms with van der Waals surface area (Å²) >= 11 is 1.15. The Bertz CT molecular complexity index is 1170. The first-order valence-corrected chi connectivity index (χ1v) is 10.8. The molecule has 11 heteroatoms. The third-order valence-electron chi connectivity index (χ3n) is 4.34. The highest BCUT2D eigenvalue weighted by Gasteiger charge is 2.29. The molecule has 1 aromatic heterocycles. The minimum absolute atomic E-state index is 0.0430. The van der Waals surface area contributed by atoms with E-state index in [-0.39, 0.29) is 28.8 Å². The quantitative estimate of drug-likeness (QED) is 0.802. The van der Waals surface area contributed by atoms with Crippen LogP contribution >= 0.6 is 11.3 Å². The van der Waals surface area contributed by atoms with Crippen molar-refractivity contribution in [3.63, 3.8) is 0 Å². The second-order valence-corrected chi connectivity index (χ2v) is 9.30. The third-order valence-corrected chi connectivity index (χ3v) is 7.48. The molecule has 1 amide bonds. The van der Waals surface area contributed by atoms with Crippen molar-refractivity contribution in [2.75, 3.05) is 13.1 Å². The lowest BCUT2D eigenvalue weighted by Crippen LogP contribution is -2.37. The minimum Gasteiger partial charge on any atom is -0.291 e. The second kappa shape index (κ2) is 7.48. The van der Waals surface area contributed by atoms with Crippen LogP contribution in [0.4, 0.5) is 8.78 Å². The molecule has 2 aromatic rings. The number of nitrogens with one attached hydrogen (secondary N) is 1. The Hall–Kier alpha value is -2.92. The Morgan fingerprint density at radius 1 is 1.21 bits per heavy atom. The molecule has 2 aliphatic rings. The maximum Gasteiger partial charge on any atom is 0.273 e. The molecule has 2 aliphatic heterocycles. The number of aliphatic imine (C=N–C) groups is 2. The summed E-state index contributed by atoms with van der Waals surface area (Å²) in [6, 6.07) is 6.04. The normalized spacial score (nSPS) is 16.5. The SMILES string of the molecule is O=C(NC1=NCC2=CN(S(=O)(=O)c3cccs3)CCC2=N1)c1ccc(F)c(F)c1. The lowest BCUT2D eigenvalue weighted by atomic mass is 10.1. The third kappa shape index (κ3) is 3.83. The summed E-state index contributed by atoms with van der Waals surface area (Å²) in [7, 11) is -3.61. The van der Waals surface area contributed by atoms with Crippen molar-refractivity contribution in [1.29, 1.82) is 0 Å². The van der Waals surface area contributed by atoms with Crippen LogP contribution in [0.3, 0.4) is 0 Å². The molecule has 29 heavy (non-hydrogen) atoms. The molecular formula is C18H14F2N4O3S2. The molecule has 4 rings (SSSR count). The molecule has 0 unspecified atom stereocenters. The van der Waals surface area contributed by atoms with E-state index in [4.69, 9.17) is 0 Å². The van der Waals surface area contributed by atoms with Gasteiger partial charge in [0.1, 0.15) is 4.21 Å². The van der Waals surface area contributed by atoms with Crippen molar-refractivity contribution < 1.29 is 22.0 Å². The standard InChI is InChI=1S/C18H14F2N4O3S2/c19-13-4-3-11(8-14(13)20)17(25)23-18-21-9-12-10-24(6-5-15(12)22-18)29(26,27)16-2-1-7-28-16/h1-4,7-8,10H,5-6,9H2,(H,21,23,25). The molecule has 1 N–H and O–H groups in total. The van der Waals surface area contributed by atoms with Crippen LogP contribution in [0.5, 0.6) is 0 Å². The summed E-state index contributed by atoms with van der Waals surface area (Å²) in [5.41, 5.74) is 1.20. The van der Waals surface area contributed by atoms with Crippen molar-refractivity contribution in [2.24, 2.45) is 9.98 Å². The van der Waals surface area contributed by atoms with E-state index in [9.17, 15) is 22.0 Å². The summed E-state index contributed by atoms with van der Waals surface area (Å²) < 4.78 is 53.1. The Balaban J connectivity index is 1.49. The molecule has 1 aromatic carbocycles. The lowest BCUT2D eigenvalue weighted by molar-refractivity contribution is 0.0976. The number of thiophene rings is 1. The van der Waals surface area contributed by atoms with E-state index in [1.54, 1.807) is 17.5 Å². The van der Waals surface area contributed by atoms with Gasteiger partial charge in [-0.1, -0.05) is 6.07 Å². The van der Waals surface area contributed by atoms with Crippen LogP contribution in [-0.4, -0.2) is 43.4 Å². The van der Waals surface area contributed by atoms with Gasteiger partial charge in [0, 0.05) is 30.3 Å². The van der Waals surface area contributed by atoms with Gasteiger partial charge in [-0.25, -0.2) is 27.2 Å². The van der Waals surface area contributed by atoms with Gasteiger partial charge in [-0.05, 0) is 29.6 Å². The van der Waals surface area contributed by atoms with Gasteiger partial charge in [0.05, 0.1) is 12.3 Å². The Morgan fingerprint density at radius 3 is 2.76 bits per heavy atom. The van der Waals surface area contributed by atoms with Crippen molar-refractivity contribution >= 4 is 38.9 Å². The molecule has 150 valence electrons. The zero-order chi connectivity index (χ0) is 20.6. The number of carbonyl (C=O) groups excluding carboxylic acids is 1. The molecule has 3 heterocycles. The molecule has 0 saturated heterocycles. The monoisotopic (exact) mass is 436 g/mol. The maximum absolute atomic E-state index is 13.3. The number of benzene rings is 1. The number of hydrogen-bond donors (Lipinski definition) is 1. The summed E-state index contributed by atoms with van der Waals surface area (Å²) in [5.74, 6) is -2.80. The number of hydrogen-bond acceptors (Lipinski definition) is 6. The van der Waals surface area contributed by atoms with Crippen molar-refractivity contribution in [3.8, 4) is 0 Å². The van der Waals surface area contributed by atoms with Crippen molar-refractivity contribution in [3.05, 3.63) is 64.7 Å².